The van der Waals surface area contributed by atoms with Crippen molar-refractivity contribution in [3.8, 4) is 16.9 Å². The normalized spacial score (nSPS) is 14.4. The van der Waals surface area contributed by atoms with Crippen molar-refractivity contribution >= 4 is 23.5 Å². The number of amides is 1. The molecule has 1 aliphatic heterocycles. The molecule has 4 rings (SSSR count). The third kappa shape index (κ3) is 5.95. The minimum Gasteiger partial charge on any atom is -0.379 e. The molecule has 1 aliphatic rings. The second-order valence-electron chi connectivity index (χ2n) is 7.84. The zero-order valence-corrected chi connectivity index (χ0v) is 18.9. The van der Waals surface area contributed by atoms with E-state index >= 15 is 0 Å². The molecule has 0 unspecified atom stereocenters. The molecule has 1 fully saturated rings. The van der Waals surface area contributed by atoms with Crippen molar-refractivity contribution in [1.29, 1.82) is 0 Å². The SMILES string of the molecule is Cc1cccc(-n2cc(-c3ccc(Cl)cc3)nc2NC(=O)CNCCN2CCOCC2)c1. The zero-order valence-electron chi connectivity index (χ0n) is 18.2. The summed E-state index contributed by atoms with van der Waals surface area (Å²) >= 11 is 6.03. The van der Waals surface area contributed by atoms with Crippen LogP contribution in [-0.2, 0) is 9.53 Å². The van der Waals surface area contributed by atoms with E-state index in [-0.39, 0.29) is 12.5 Å². The Balaban J connectivity index is 1.45. The number of nitrogens with one attached hydrogen (secondary N) is 2. The number of carbonyl (C=O) groups excluding carboxylic acids is 1. The van der Waals surface area contributed by atoms with E-state index in [1.165, 1.54) is 0 Å². The van der Waals surface area contributed by atoms with Crippen LogP contribution in [0.4, 0.5) is 5.95 Å². The third-order valence-electron chi connectivity index (χ3n) is 5.37. The van der Waals surface area contributed by atoms with Crippen LogP contribution in [0.5, 0.6) is 0 Å². The Morgan fingerprint density at radius 2 is 1.94 bits per heavy atom. The maximum Gasteiger partial charge on any atom is 0.240 e. The standard InChI is InChI=1S/C24H28ClN5O2/c1-18-3-2-4-21(15-18)30-17-22(19-5-7-20(25)8-6-19)27-24(30)28-23(31)16-26-9-10-29-11-13-32-14-12-29/h2-8,15,17,26H,9-14,16H2,1H3,(H,27,28,31). The Morgan fingerprint density at radius 3 is 2.69 bits per heavy atom. The molecule has 2 N–H and O–H groups in total. The molecule has 0 aliphatic carbocycles. The molecule has 0 bridgehead atoms. The summed E-state index contributed by atoms with van der Waals surface area (Å²) in [6, 6.07) is 15.6. The summed E-state index contributed by atoms with van der Waals surface area (Å²) in [5.41, 5.74) is 3.76. The van der Waals surface area contributed by atoms with Crippen LogP contribution in [0.15, 0.2) is 54.7 Å². The first-order valence-electron chi connectivity index (χ1n) is 10.8. The van der Waals surface area contributed by atoms with Gasteiger partial charge in [-0.05, 0) is 36.8 Å². The van der Waals surface area contributed by atoms with Gasteiger partial charge in [0.25, 0.3) is 0 Å². The summed E-state index contributed by atoms with van der Waals surface area (Å²) in [6.45, 7) is 7.34. The largest absolute Gasteiger partial charge is 0.379 e. The number of imidazole rings is 1. The smallest absolute Gasteiger partial charge is 0.240 e. The van der Waals surface area contributed by atoms with Crippen molar-refractivity contribution in [3.05, 3.63) is 65.3 Å². The molecule has 168 valence electrons. The van der Waals surface area contributed by atoms with E-state index < -0.39 is 0 Å². The van der Waals surface area contributed by atoms with Gasteiger partial charge in [0.1, 0.15) is 0 Å². The molecule has 3 aromatic rings. The molecule has 7 nitrogen and oxygen atoms in total. The molecule has 2 heterocycles. The van der Waals surface area contributed by atoms with E-state index in [4.69, 9.17) is 21.3 Å². The van der Waals surface area contributed by atoms with E-state index in [1.54, 1.807) is 0 Å². The lowest BCUT2D eigenvalue weighted by atomic mass is 10.2. The van der Waals surface area contributed by atoms with E-state index in [1.807, 2.05) is 60.2 Å². The third-order valence-corrected chi connectivity index (χ3v) is 5.62. The molecular formula is C24H28ClN5O2. The Morgan fingerprint density at radius 1 is 1.16 bits per heavy atom. The molecule has 2 aromatic carbocycles. The lowest BCUT2D eigenvalue weighted by Gasteiger charge is -2.26. The Hall–Kier alpha value is -2.71. The van der Waals surface area contributed by atoms with E-state index in [0.717, 1.165) is 61.9 Å². The Bertz CT molecular complexity index is 1040. The number of ether oxygens (including phenoxy) is 1. The van der Waals surface area contributed by atoms with Gasteiger partial charge in [0.05, 0.1) is 25.5 Å². The number of carbonyl (C=O) groups is 1. The number of halogens is 1. The predicted octanol–water partition coefficient (Wildman–Crippen LogP) is 3.36. The molecule has 0 radical (unpaired) electrons. The number of hydrogen-bond donors (Lipinski definition) is 2. The number of aromatic nitrogens is 2. The van der Waals surface area contributed by atoms with Gasteiger partial charge in [0.15, 0.2) is 0 Å². The van der Waals surface area contributed by atoms with Crippen molar-refractivity contribution in [2.24, 2.45) is 0 Å². The van der Waals surface area contributed by atoms with Crippen molar-refractivity contribution in [2.45, 2.75) is 6.92 Å². The Labute approximate surface area is 193 Å². The van der Waals surface area contributed by atoms with Crippen LogP contribution >= 0.6 is 11.6 Å². The van der Waals surface area contributed by atoms with Gasteiger partial charge in [0, 0.05) is 48.6 Å². The highest BCUT2D eigenvalue weighted by atomic mass is 35.5. The van der Waals surface area contributed by atoms with Crippen molar-refractivity contribution in [1.82, 2.24) is 19.8 Å². The van der Waals surface area contributed by atoms with Crippen molar-refractivity contribution in [2.75, 3.05) is 51.3 Å². The van der Waals surface area contributed by atoms with Gasteiger partial charge in [-0.3, -0.25) is 19.6 Å². The lowest BCUT2D eigenvalue weighted by Crippen LogP contribution is -2.41. The number of benzene rings is 2. The average molecular weight is 454 g/mol. The van der Waals surface area contributed by atoms with Crippen LogP contribution in [0.2, 0.25) is 5.02 Å². The molecule has 1 amide bonds. The van der Waals surface area contributed by atoms with Crippen LogP contribution < -0.4 is 10.6 Å². The van der Waals surface area contributed by atoms with Crippen molar-refractivity contribution < 1.29 is 9.53 Å². The van der Waals surface area contributed by atoms with E-state index in [0.29, 0.717) is 11.0 Å². The van der Waals surface area contributed by atoms with Gasteiger partial charge >= 0.3 is 0 Å². The first-order chi connectivity index (χ1) is 15.6. The fraction of sp³-hybridized carbons (Fsp3) is 0.333. The van der Waals surface area contributed by atoms with Crippen LogP contribution in [0.25, 0.3) is 16.9 Å². The molecule has 8 heteroatoms. The van der Waals surface area contributed by atoms with Gasteiger partial charge < -0.3 is 10.1 Å². The zero-order chi connectivity index (χ0) is 22.3. The molecule has 0 spiro atoms. The van der Waals surface area contributed by atoms with Crippen LogP contribution in [0, 0.1) is 6.92 Å². The number of rotatable bonds is 8. The topological polar surface area (TPSA) is 71.4 Å². The number of hydrogen-bond acceptors (Lipinski definition) is 5. The maximum absolute atomic E-state index is 12.6. The summed E-state index contributed by atoms with van der Waals surface area (Å²) in [5, 5.41) is 6.85. The highest BCUT2D eigenvalue weighted by molar-refractivity contribution is 6.30. The average Bonchev–Trinajstić information content (AvgIpc) is 3.21. The number of anilines is 1. The minimum absolute atomic E-state index is 0.130. The highest BCUT2D eigenvalue weighted by Gasteiger charge is 2.15. The van der Waals surface area contributed by atoms with Crippen LogP contribution in [0.3, 0.4) is 0 Å². The molecule has 0 saturated carbocycles. The summed E-state index contributed by atoms with van der Waals surface area (Å²) < 4.78 is 7.27. The van der Waals surface area contributed by atoms with Crippen LogP contribution in [-0.4, -0.2) is 66.3 Å². The van der Waals surface area contributed by atoms with Gasteiger partial charge in [0.2, 0.25) is 11.9 Å². The minimum atomic E-state index is -0.130. The quantitative estimate of drug-likeness (QED) is 0.512. The van der Waals surface area contributed by atoms with Gasteiger partial charge in [-0.1, -0.05) is 35.9 Å². The summed E-state index contributed by atoms with van der Waals surface area (Å²) in [6.07, 6.45) is 1.93. The first kappa shape index (κ1) is 22.5. The van der Waals surface area contributed by atoms with E-state index in [9.17, 15) is 4.79 Å². The van der Waals surface area contributed by atoms with Gasteiger partial charge in [-0.15, -0.1) is 0 Å². The number of nitrogens with zero attached hydrogens (tertiary/aromatic N) is 3. The second-order valence-corrected chi connectivity index (χ2v) is 8.28. The molecular weight excluding hydrogens is 426 g/mol. The lowest BCUT2D eigenvalue weighted by molar-refractivity contribution is -0.115. The second kappa shape index (κ2) is 10.7. The van der Waals surface area contributed by atoms with Crippen LogP contribution in [0.1, 0.15) is 5.56 Å². The Kier molecular flexibility index (Phi) is 7.55. The molecule has 1 saturated heterocycles. The summed E-state index contributed by atoms with van der Waals surface area (Å²) in [4.78, 5) is 19.7. The molecule has 1 aromatic heterocycles. The number of morpholine rings is 1. The fourth-order valence-electron chi connectivity index (χ4n) is 3.64. The number of aryl methyl sites for hydroxylation is 1. The highest BCUT2D eigenvalue weighted by Crippen LogP contribution is 2.25. The maximum atomic E-state index is 12.6. The van der Waals surface area contributed by atoms with Crippen molar-refractivity contribution in [3.63, 3.8) is 0 Å². The summed E-state index contributed by atoms with van der Waals surface area (Å²) in [5.74, 6) is 0.356. The van der Waals surface area contributed by atoms with E-state index in [2.05, 4.69) is 21.6 Å². The fourth-order valence-corrected chi connectivity index (χ4v) is 3.76. The monoisotopic (exact) mass is 453 g/mol. The summed E-state index contributed by atoms with van der Waals surface area (Å²) in [7, 11) is 0. The van der Waals surface area contributed by atoms with Gasteiger partial charge in [-0.25, -0.2) is 4.98 Å². The van der Waals surface area contributed by atoms with Gasteiger partial charge in [-0.2, -0.15) is 0 Å². The molecule has 0 atom stereocenters. The first-order valence-corrected chi connectivity index (χ1v) is 11.2. The predicted molar refractivity (Wildman–Crippen MR) is 128 cm³/mol. The molecule has 32 heavy (non-hydrogen) atoms.